The van der Waals surface area contributed by atoms with Crippen LogP contribution in [0, 0.1) is 19.1 Å². The third kappa shape index (κ3) is 4.61. The molecule has 2 aromatic carbocycles. The molecule has 28 heavy (non-hydrogen) atoms. The summed E-state index contributed by atoms with van der Waals surface area (Å²) in [6.45, 7) is 20.0. The summed E-state index contributed by atoms with van der Waals surface area (Å²) < 4.78 is 0.599. The molecule has 0 heterocycles. The predicted octanol–water partition coefficient (Wildman–Crippen LogP) is 6.20. The van der Waals surface area contributed by atoms with E-state index in [1.165, 1.54) is 0 Å². The summed E-state index contributed by atoms with van der Waals surface area (Å²) in [7, 11) is 0. The minimum Gasteiger partial charge on any atom is -0.619 e. The lowest BCUT2D eigenvalue weighted by Crippen LogP contribution is -2.17. The number of nitrogens with zero attached hydrogens (tertiary/aromatic N) is 2. The van der Waals surface area contributed by atoms with Crippen LogP contribution in [-0.2, 0) is 10.8 Å². The summed E-state index contributed by atoms with van der Waals surface area (Å²) in [4.78, 5) is 4.66. The van der Waals surface area contributed by atoms with Crippen LogP contribution in [0.4, 0.5) is 11.4 Å². The number of aryl methyl sites for hydroxylation is 2. The molecule has 0 fully saturated rings. The quantitative estimate of drug-likeness (QED) is 0.298. The molecule has 0 bridgehead atoms. The Morgan fingerprint density at radius 1 is 0.964 bits per heavy atom. The SMILES string of the molecule is C=[N+]([O-])c1cc(C)c(N=Cc2cc(C(C)(C)C)cc(C(C)(C)C)c2O)c(C)c1. The van der Waals surface area contributed by atoms with E-state index < -0.39 is 0 Å². The number of benzene rings is 2. The molecule has 0 aliphatic rings. The van der Waals surface area contributed by atoms with Crippen LogP contribution >= 0.6 is 0 Å². The second-order valence-corrected chi connectivity index (χ2v) is 9.53. The van der Waals surface area contributed by atoms with Crippen LogP contribution in [-0.4, -0.2) is 22.8 Å². The summed E-state index contributed by atoms with van der Waals surface area (Å²) in [6, 6.07) is 7.63. The van der Waals surface area contributed by atoms with E-state index in [2.05, 4.69) is 59.3 Å². The highest BCUT2D eigenvalue weighted by atomic mass is 16.5. The van der Waals surface area contributed by atoms with Crippen molar-refractivity contribution in [3.8, 4) is 5.75 Å². The summed E-state index contributed by atoms with van der Waals surface area (Å²) in [5.74, 6) is 0.264. The molecular weight excluding hydrogens is 348 g/mol. The van der Waals surface area contributed by atoms with Crippen molar-refractivity contribution in [2.75, 3.05) is 0 Å². The zero-order chi connectivity index (χ0) is 21.4. The minimum atomic E-state index is -0.187. The Hall–Kier alpha value is -2.62. The Morgan fingerprint density at radius 2 is 1.50 bits per heavy atom. The van der Waals surface area contributed by atoms with Crippen LogP contribution in [0.25, 0.3) is 0 Å². The van der Waals surface area contributed by atoms with Crippen molar-refractivity contribution in [1.29, 1.82) is 0 Å². The standard InChI is InChI=1S/C24H32N2O2/c1-15-10-19(26(9)28)11-16(2)21(15)25-14-17-12-18(23(3,4)5)13-20(22(17)27)24(6,7)8/h10-14,27H,9H2,1-8H3. The van der Waals surface area contributed by atoms with Crippen molar-refractivity contribution in [3.05, 3.63) is 57.3 Å². The van der Waals surface area contributed by atoms with Gasteiger partial charge in [-0.05, 0) is 47.4 Å². The molecule has 4 nitrogen and oxygen atoms in total. The fourth-order valence-electron chi connectivity index (χ4n) is 3.17. The zero-order valence-electron chi connectivity index (χ0n) is 18.3. The second-order valence-electron chi connectivity index (χ2n) is 9.53. The average molecular weight is 381 g/mol. The third-order valence-corrected chi connectivity index (χ3v) is 4.91. The first-order valence-electron chi connectivity index (χ1n) is 9.53. The summed E-state index contributed by atoms with van der Waals surface area (Å²) >= 11 is 0. The van der Waals surface area contributed by atoms with Crippen LogP contribution in [0.2, 0.25) is 0 Å². The van der Waals surface area contributed by atoms with Gasteiger partial charge in [0, 0.05) is 29.5 Å². The number of phenols is 1. The Kier molecular flexibility index (Phi) is 5.74. The lowest BCUT2D eigenvalue weighted by atomic mass is 9.79. The van der Waals surface area contributed by atoms with Crippen molar-refractivity contribution in [2.24, 2.45) is 4.99 Å². The van der Waals surface area contributed by atoms with Gasteiger partial charge in [0.05, 0.1) is 5.69 Å². The lowest BCUT2D eigenvalue weighted by Gasteiger charge is -2.27. The number of hydrogen-bond acceptors (Lipinski definition) is 3. The summed E-state index contributed by atoms with van der Waals surface area (Å²) in [5, 5.41) is 22.4. The third-order valence-electron chi connectivity index (χ3n) is 4.91. The van der Waals surface area contributed by atoms with E-state index in [0.717, 1.165) is 27.9 Å². The molecule has 2 aromatic rings. The van der Waals surface area contributed by atoms with Crippen molar-refractivity contribution in [3.63, 3.8) is 0 Å². The fraction of sp³-hybridized carbons (Fsp3) is 0.417. The van der Waals surface area contributed by atoms with Gasteiger partial charge >= 0.3 is 0 Å². The molecule has 0 aromatic heterocycles. The zero-order valence-corrected chi connectivity index (χ0v) is 18.3. The number of rotatable bonds is 3. The molecule has 2 rings (SSSR count). The number of hydrogen-bond donors (Lipinski definition) is 1. The maximum atomic E-state index is 11.5. The lowest BCUT2D eigenvalue weighted by molar-refractivity contribution is -0.349. The van der Waals surface area contributed by atoms with Gasteiger partial charge in [0.2, 0.25) is 5.69 Å². The smallest absolute Gasteiger partial charge is 0.216 e. The monoisotopic (exact) mass is 380 g/mol. The van der Waals surface area contributed by atoms with E-state index in [9.17, 15) is 10.3 Å². The van der Waals surface area contributed by atoms with Crippen LogP contribution < -0.4 is 0 Å². The molecule has 0 atom stereocenters. The van der Waals surface area contributed by atoms with E-state index in [1.807, 2.05) is 19.9 Å². The molecule has 0 aliphatic heterocycles. The van der Waals surface area contributed by atoms with Gasteiger partial charge in [-0.3, -0.25) is 4.99 Å². The Morgan fingerprint density at radius 3 is 1.93 bits per heavy atom. The van der Waals surface area contributed by atoms with E-state index in [4.69, 9.17) is 0 Å². The van der Waals surface area contributed by atoms with Gasteiger partial charge in [-0.25, -0.2) is 0 Å². The first-order valence-corrected chi connectivity index (χ1v) is 9.53. The molecule has 4 heteroatoms. The first kappa shape index (κ1) is 21.7. The molecule has 0 aliphatic carbocycles. The molecule has 1 N–H and O–H groups in total. The van der Waals surface area contributed by atoms with Crippen molar-refractivity contribution < 1.29 is 9.85 Å². The second kappa shape index (κ2) is 7.42. The molecule has 0 unspecified atom stereocenters. The largest absolute Gasteiger partial charge is 0.619 e. The van der Waals surface area contributed by atoms with Gasteiger partial charge in [-0.2, -0.15) is 4.74 Å². The van der Waals surface area contributed by atoms with E-state index in [0.29, 0.717) is 16.0 Å². The molecule has 0 amide bonds. The highest BCUT2D eigenvalue weighted by Crippen LogP contribution is 2.37. The Balaban J connectivity index is 2.62. The molecule has 0 saturated carbocycles. The van der Waals surface area contributed by atoms with Gasteiger partial charge in [0.1, 0.15) is 12.5 Å². The maximum absolute atomic E-state index is 11.5. The Bertz CT molecular complexity index is 919. The molecule has 0 radical (unpaired) electrons. The fourth-order valence-corrected chi connectivity index (χ4v) is 3.17. The Labute approximate surface area is 168 Å². The average Bonchev–Trinajstić information content (AvgIpc) is 2.52. The summed E-state index contributed by atoms with van der Waals surface area (Å²) in [5.41, 5.74) is 5.59. The topological polar surface area (TPSA) is 58.7 Å². The van der Waals surface area contributed by atoms with Crippen molar-refractivity contribution >= 4 is 24.3 Å². The van der Waals surface area contributed by atoms with Crippen LogP contribution in [0.1, 0.15) is 69.4 Å². The van der Waals surface area contributed by atoms with E-state index >= 15 is 0 Å². The number of aliphatic imine (C=N–C) groups is 1. The molecule has 150 valence electrons. The molecule has 0 saturated heterocycles. The highest BCUT2D eigenvalue weighted by molar-refractivity contribution is 5.87. The number of phenolic OH excluding ortho intramolecular Hbond substituents is 1. The van der Waals surface area contributed by atoms with Crippen LogP contribution in [0.15, 0.2) is 29.3 Å². The van der Waals surface area contributed by atoms with E-state index in [-0.39, 0.29) is 16.6 Å². The van der Waals surface area contributed by atoms with Crippen molar-refractivity contribution in [2.45, 2.75) is 66.2 Å². The predicted molar refractivity (Wildman–Crippen MR) is 119 cm³/mol. The van der Waals surface area contributed by atoms with Gasteiger partial charge in [-0.15, -0.1) is 0 Å². The highest BCUT2D eigenvalue weighted by Gasteiger charge is 2.24. The van der Waals surface area contributed by atoms with E-state index in [1.54, 1.807) is 18.3 Å². The normalized spacial score (nSPS) is 12.6. The summed E-state index contributed by atoms with van der Waals surface area (Å²) in [6.07, 6.45) is 1.72. The maximum Gasteiger partial charge on any atom is 0.216 e. The minimum absolute atomic E-state index is 0.0461. The molecule has 0 spiro atoms. The van der Waals surface area contributed by atoms with Crippen LogP contribution in [0.3, 0.4) is 0 Å². The molecular formula is C24H32N2O2. The van der Waals surface area contributed by atoms with Gasteiger partial charge in [0.25, 0.3) is 0 Å². The van der Waals surface area contributed by atoms with Gasteiger partial charge in [-0.1, -0.05) is 47.6 Å². The first-order chi connectivity index (χ1) is 12.7. The number of aromatic hydroxyl groups is 1. The van der Waals surface area contributed by atoms with Gasteiger partial charge in [0.15, 0.2) is 0 Å². The van der Waals surface area contributed by atoms with Crippen molar-refractivity contribution in [1.82, 2.24) is 0 Å². The van der Waals surface area contributed by atoms with Crippen LogP contribution in [0.5, 0.6) is 5.75 Å². The van der Waals surface area contributed by atoms with Gasteiger partial charge < -0.3 is 10.3 Å².